The molecule has 0 aliphatic carbocycles. The van der Waals surface area contributed by atoms with Crippen molar-refractivity contribution in [2.75, 3.05) is 20.1 Å². The average molecular weight is 314 g/mol. The molecule has 1 aromatic carbocycles. The Morgan fingerprint density at radius 1 is 1.05 bits per heavy atom. The first-order valence-electron chi connectivity index (χ1n) is 8.11. The number of hydroxylamine groups is 3. The van der Waals surface area contributed by atoms with Gasteiger partial charge in [-0.25, -0.2) is 9.60 Å². The van der Waals surface area contributed by atoms with E-state index in [1.54, 1.807) is 12.1 Å². The van der Waals surface area contributed by atoms with Gasteiger partial charge < -0.3 is 4.74 Å². The molecule has 4 heteroatoms. The first-order valence-corrected chi connectivity index (χ1v) is 8.11. The van der Waals surface area contributed by atoms with Crippen molar-refractivity contribution >= 4 is 0 Å². The lowest BCUT2D eigenvalue weighted by atomic mass is 10.2. The summed E-state index contributed by atoms with van der Waals surface area (Å²) in [5, 5.41) is 9.58. The van der Waals surface area contributed by atoms with Gasteiger partial charge in [-0.2, -0.15) is 4.65 Å². The van der Waals surface area contributed by atoms with Gasteiger partial charge in [-0.3, -0.25) is 0 Å². The monoisotopic (exact) mass is 314 g/mol. The minimum atomic E-state index is -0.240. The molecule has 1 aromatic rings. The van der Waals surface area contributed by atoms with Crippen LogP contribution in [0.5, 0.6) is 5.75 Å². The van der Waals surface area contributed by atoms with Gasteiger partial charge in [0.2, 0.25) is 0 Å². The smallest absolute Gasteiger partial charge is 0.123 e. The highest BCUT2D eigenvalue weighted by Crippen LogP contribution is 2.17. The van der Waals surface area contributed by atoms with E-state index in [9.17, 15) is 9.60 Å². The van der Waals surface area contributed by atoms with E-state index in [4.69, 9.17) is 4.74 Å². The number of nitrogens with zero attached hydrogens (tertiary/aromatic N) is 1. The molecule has 0 aromatic heterocycles. The van der Waals surface area contributed by atoms with E-state index in [1.807, 2.05) is 27.8 Å². The highest BCUT2D eigenvalue weighted by Gasteiger charge is 2.15. The first kappa shape index (κ1) is 20.9. The van der Waals surface area contributed by atoms with Gasteiger partial charge in [-0.05, 0) is 57.9 Å². The van der Waals surface area contributed by atoms with E-state index < -0.39 is 0 Å². The molecular formula is C18H33FNO2+. The molecule has 3 nitrogen and oxygen atoms in total. The van der Waals surface area contributed by atoms with Crippen LogP contribution in [0.3, 0.4) is 0 Å². The summed E-state index contributed by atoms with van der Waals surface area (Å²) in [5.41, 5.74) is -0.224. The standard InChI is InChI=1S/C10H13FO.C8H20NO/c1-10(2,3)12-9-6-4-8(11)5-7-9;1-4-6-8-9(3,10)7-5-2/h4-7H,1-3H3;10H,4-8H2,1-3H3/q;+1. The zero-order valence-corrected chi connectivity index (χ0v) is 15.0. The van der Waals surface area contributed by atoms with Gasteiger partial charge in [-0.15, -0.1) is 0 Å². The van der Waals surface area contributed by atoms with E-state index in [1.165, 1.54) is 12.1 Å². The topological polar surface area (TPSA) is 29.5 Å². The minimum absolute atomic E-state index is 0.199. The van der Waals surface area contributed by atoms with Gasteiger partial charge in [-0.1, -0.05) is 20.3 Å². The maximum Gasteiger partial charge on any atom is 0.123 e. The number of rotatable bonds is 6. The van der Waals surface area contributed by atoms with Crippen molar-refractivity contribution in [1.82, 2.24) is 0 Å². The Kier molecular flexibility index (Phi) is 9.30. The van der Waals surface area contributed by atoms with Crippen LogP contribution in [0.25, 0.3) is 0 Å². The van der Waals surface area contributed by atoms with Crippen molar-refractivity contribution in [1.29, 1.82) is 0 Å². The number of halogens is 1. The SMILES string of the molecule is CC(C)(C)Oc1ccc(F)cc1.CCCC[N+](C)(O)CCC. The molecule has 0 spiro atoms. The highest BCUT2D eigenvalue weighted by molar-refractivity contribution is 5.22. The molecule has 128 valence electrons. The molecule has 0 saturated carbocycles. The molecule has 0 heterocycles. The predicted molar refractivity (Wildman–Crippen MR) is 89.7 cm³/mol. The van der Waals surface area contributed by atoms with Crippen LogP contribution in [-0.4, -0.2) is 35.6 Å². The van der Waals surface area contributed by atoms with Crippen molar-refractivity contribution < 1.29 is 19.0 Å². The van der Waals surface area contributed by atoms with Crippen molar-refractivity contribution in [2.24, 2.45) is 0 Å². The Hall–Kier alpha value is -1.13. The molecule has 22 heavy (non-hydrogen) atoms. The summed E-state index contributed by atoms with van der Waals surface area (Å²) >= 11 is 0. The Morgan fingerprint density at radius 2 is 1.59 bits per heavy atom. The summed E-state index contributed by atoms with van der Waals surface area (Å²) in [4.78, 5) is 0. The lowest BCUT2D eigenvalue weighted by Crippen LogP contribution is -2.41. The third-order valence-corrected chi connectivity index (χ3v) is 2.94. The summed E-state index contributed by atoms with van der Waals surface area (Å²) in [7, 11) is 1.87. The Balaban J connectivity index is 0.000000409. The summed E-state index contributed by atoms with van der Waals surface area (Å²) in [6, 6.07) is 6.03. The van der Waals surface area contributed by atoms with Gasteiger partial charge in [0.25, 0.3) is 0 Å². The molecule has 0 fully saturated rings. The van der Waals surface area contributed by atoms with Crippen LogP contribution in [0.15, 0.2) is 24.3 Å². The van der Waals surface area contributed by atoms with Gasteiger partial charge in [0.1, 0.15) is 30.3 Å². The highest BCUT2D eigenvalue weighted by atomic mass is 19.1. The molecule has 0 aliphatic rings. The number of hydrogen-bond acceptors (Lipinski definition) is 2. The van der Waals surface area contributed by atoms with E-state index in [-0.39, 0.29) is 16.1 Å². The number of benzene rings is 1. The molecule has 1 rings (SSSR count). The zero-order valence-electron chi connectivity index (χ0n) is 15.0. The van der Waals surface area contributed by atoms with Gasteiger partial charge in [0.05, 0.1) is 7.05 Å². The van der Waals surface area contributed by atoms with Gasteiger partial charge in [0.15, 0.2) is 0 Å². The number of quaternary nitrogens is 1. The molecular weight excluding hydrogens is 281 g/mol. The summed E-state index contributed by atoms with van der Waals surface area (Å²) in [5.74, 6) is 0.458. The van der Waals surface area contributed by atoms with Gasteiger partial charge >= 0.3 is 0 Å². The second-order valence-corrected chi connectivity index (χ2v) is 6.81. The third-order valence-electron chi connectivity index (χ3n) is 2.94. The van der Waals surface area contributed by atoms with Crippen molar-refractivity contribution in [3.63, 3.8) is 0 Å². The first-order chi connectivity index (χ1) is 10.1. The number of unbranched alkanes of at least 4 members (excludes halogenated alkanes) is 1. The van der Waals surface area contributed by atoms with E-state index in [0.717, 1.165) is 32.4 Å². The third kappa shape index (κ3) is 11.5. The Labute approximate surface area is 135 Å². The fraction of sp³-hybridized carbons (Fsp3) is 0.667. The molecule has 0 amide bonds. The molecule has 0 bridgehead atoms. The molecule has 0 saturated heterocycles. The zero-order chi connectivity index (χ0) is 17.2. The van der Waals surface area contributed by atoms with Crippen LogP contribution in [0.1, 0.15) is 53.9 Å². The summed E-state index contributed by atoms with van der Waals surface area (Å²) in [6.07, 6.45) is 3.34. The quantitative estimate of drug-likeness (QED) is 0.589. The summed E-state index contributed by atoms with van der Waals surface area (Å²) < 4.78 is 18.2. The van der Waals surface area contributed by atoms with Gasteiger partial charge in [0, 0.05) is 0 Å². The summed E-state index contributed by atoms with van der Waals surface area (Å²) in [6.45, 7) is 11.9. The maximum atomic E-state index is 12.5. The number of ether oxygens (including phenoxy) is 1. The lowest BCUT2D eigenvalue weighted by molar-refractivity contribution is -1.09. The minimum Gasteiger partial charge on any atom is -0.488 e. The van der Waals surface area contributed by atoms with Crippen LogP contribution in [0.4, 0.5) is 4.39 Å². The Morgan fingerprint density at radius 3 is 2.00 bits per heavy atom. The normalized spacial score (nSPS) is 13.8. The molecule has 1 unspecified atom stereocenters. The van der Waals surface area contributed by atoms with E-state index >= 15 is 0 Å². The van der Waals surface area contributed by atoms with Crippen LogP contribution < -0.4 is 4.74 Å². The van der Waals surface area contributed by atoms with Crippen molar-refractivity contribution in [2.45, 2.75) is 59.5 Å². The predicted octanol–water partition coefficient (Wildman–Crippen LogP) is 5.04. The second kappa shape index (κ2) is 9.80. The Bertz CT molecular complexity index is 397. The van der Waals surface area contributed by atoms with Crippen LogP contribution in [-0.2, 0) is 0 Å². The van der Waals surface area contributed by atoms with E-state index in [0.29, 0.717) is 5.75 Å². The van der Waals surface area contributed by atoms with E-state index in [2.05, 4.69) is 13.8 Å². The van der Waals surface area contributed by atoms with Crippen molar-refractivity contribution in [3.05, 3.63) is 30.1 Å². The molecule has 1 atom stereocenters. The fourth-order valence-electron chi connectivity index (χ4n) is 1.95. The molecule has 0 radical (unpaired) electrons. The van der Waals surface area contributed by atoms with Crippen LogP contribution in [0.2, 0.25) is 0 Å². The molecule has 0 aliphatic heterocycles. The number of hydrogen-bond donors (Lipinski definition) is 1. The van der Waals surface area contributed by atoms with Crippen molar-refractivity contribution in [3.8, 4) is 5.75 Å². The largest absolute Gasteiger partial charge is 0.488 e. The lowest BCUT2D eigenvalue weighted by Gasteiger charge is -2.24. The maximum absolute atomic E-state index is 12.5. The van der Waals surface area contributed by atoms with Crippen LogP contribution >= 0.6 is 0 Å². The second-order valence-electron chi connectivity index (χ2n) is 6.81. The average Bonchev–Trinajstić information content (AvgIpc) is 2.38. The molecule has 1 N–H and O–H groups in total. The van der Waals surface area contributed by atoms with Crippen LogP contribution in [0, 0.1) is 5.82 Å². The fourth-order valence-corrected chi connectivity index (χ4v) is 1.95.